The van der Waals surface area contributed by atoms with Crippen molar-refractivity contribution in [1.29, 1.82) is 0 Å². The van der Waals surface area contributed by atoms with E-state index in [1.54, 1.807) is 42.6 Å². The number of piperidine rings is 1. The quantitative estimate of drug-likeness (QED) is 0.296. The Kier molecular flexibility index (Phi) is 7.97. The molecule has 0 saturated carbocycles. The lowest BCUT2D eigenvalue weighted by Crippen LogP contribution is -2.44. The summed E-state index contributed by atoms with van der Waals surface area (Å²) >= 11 is 1.29. The van der Waals surface area contributed by atoms with Crippen LogP contribution in [0.25, 0.3) is 10.2 Å². The molecule has 4 aromatic rings. The van der Waals surface area contributed by atoms with Crippen LogP contribution in [0, 0.1) is 17.6 Å². The van der Waals surface area contributed by atoms with E-state index in [9.17, 15) is 22.0 Å². The number of pyridine rings is 1. The lowest BCUT2D eigenvalue weighted by atomic mass is 9.96. The van der Waals surface area contributed by atoms with Gasteiger partial charge < -0.3 is 9.47 Å². The number of hydrogen-bond donors (Lipinski definition) is 0. The number of sulfonamides is 1. The maximum atomic E-state index is 14.3. The smallest absolute Gasteiger partial charge is 0.246 e. The van der Waals surface area contributed by atoms with Gasteiger partial charge in [0.05, 0.1) is 20.8 Å². The molecule has 2 aromatic carbocycles. The Balaban J connectivity index is 1.43. The normalized spacial score (nSPS) is 14.8. The van der Waals surface area contributed by atoms with E-state index in [4.69, 9.17) is 14.5 Å². The van der Waals surface area contributed by atoms with Crippen LogP contribution in [0.1, 0.15) is 18.4 Å². The van der Waals surface area contributed by atoms with Gasteiger partial charge in [0.2, 0.25) is 15.9 Å². The maximum Gasteiger partial charge on any atom is 0.246 e. The molecule has 1 aliphatic rings. The number of aromatic nitrogens is 2. The van der Waals surface area contributed by atoms with Crippen molar-refractivity contribution < 1.29 is 31.5 Å². The first-order valence-electron chi connectivity index (χ1n) is 12.4. The van der Waals surface area contributed by atoms with E-state index in [-0.39, 0.29) is 38.4 Å². The molecule has 0 bridgehead atoms. The van der Waals surface area contributed by atoms with Gasteiger partial charge in [0.1, 0.15) is 38.2 Å². The van der Waals surface area contributed by atoms with Crippen molar-refractivity contribution >= 4 is 42.6 Å². The van der Waals surface area contributed by atoms with Crippen molar-refractivity contribution in [1.82, 2.24) is 14.3 Å². The molecule has 1 saturated heterocycles. The molecule has 13 heteroatoms. The number of ether oxygens (including phenoxy) is 2. The van der Waals surface area contributed by atoms with Gasteiger partial charge in [-0.1, -0.05) is 17.4 Å². The monoisotopic (exact) mass is 588 g/mol. The van der Waals surface area contributed by atoms with Crippen molar-refractivity contribution in [3.05, 3.63) is 72.1 Å². The number of anilines is 1. The van der Waals surface area contributed by atoms with Gasteiger partial charge in [0.25, 0.3) is 0 Å². The van der Waals surface area contributed by atoms with Crippen LogP contribution in [0.2, 0.25) is 0 Å². The molecule has 0 atom stereocenters. The summed E-state index contributed by atoms with van der Waals surface area (Å²) in [5.74, 6) is -1.48. The second-order valence-corrected chi connectivity index (χ2v) is 12.1. The van der Waals surface area contributed by atoms with Gasteiger partial charge in [-0.2, -0.15) is 4.31 Å². The largest absolute Gasteiger partial charge is 0.495 e. The molecule has 1 amide bonds. The summed E-state index contributed by atoms with van der Waals surface area (Å²) in [7, 11) is -1.18. The second kappa shape index (κ2) is 11.4. The third kappa shape index (κ3) is 5.36. The molecule has 0 spiro atoms. The summed E-state index contributed by atoms with van der Waals surface area (Å²) < 4.78 is 66.8. The molecule has 5 rings (SSSR count). The van der Waals surface area contributed by atoms with Crippen LogP contribution in [0.5, 0.6) is 11.5 Å². The summed E-state index contributed by atoms with van der Waals surface area (Å²) in [4.78, 5) is 23.7. The molecule has 0 aliphatic carbocycles. The van der Waals surface area contributed by atoms with E-state index in [0.717, 1.165) is 26.7 Å². The summed E-state index contributed by atoms with van der Waals surface area (Å²) in [5.41, 5.74) is 1.35. The molecule has 0 unspecified atom stereocenters. The van der Waals surface area contributed by atoms with Gasteiger partial charge in [-0.15, -0.1) is 0 Å². The highest BCUT2D eigenvalue weighted by molar-refractivity contribution is 7.89. The number of fused-ring (bicyclic) bond motifs is 1. The van der Waals surface area contributed by atoms with Crippen molar-refractivity contribution in [3.63, 3.8) is 0 Å². The average molecular weight is 589 g/mol. The molecule has 0 radical (unpaired) electrons. The lowest BCUT2D eigenvalue weighted by Gasteiger charge is -2.33. The fraction of sp³-hybridized carbons (Fsp3) is 0.296. The van der Waals surface area contributed by atoms with E-state index in [0.29, 0.717) is 28.2 Å². The van der Waals surface area contributed by atoms with Crippen LogP contribution in [-0.4, -0.2) is 55.9 Å². The number of rotatable bonds is 8. The fourth-order valence-electron chi connectivity index (χ4n) is 4.68. The number of halogens is 2. The first-order chi connectivity index (χ1) is 19.2. The van der Waals surface area contributed by atoms with Crippen LogP contribution >= 0.6 is 11.3 Å². The van der Waals surface area contributed by atoms with Gasteiger partial charge in [0, 0.05) is 31.4 Å². The van der Waals surface area contributed by atoms with Crippen LogP contribution < -0.4 is 14.4 Å². The predicted octanol–water partition coefficient (Wildman–Crippen LogP) is 4.62. The Hall–Kier alpha value is -3.68. The molecule has 0 N–H and O–H groups in total. The number of amides is 1. The molecule has 210 valence electrons. The number of thiazole rings is 1. The van der Waals surface area contributed by atoms with E-state index in [1.165, 1.54) is 18.4 Å². The van der Waals surface area contributed by atoms with Crippen LogP contribution in [0.4, 0.5) is 13.9 Å². The number of methoxy groups -OCH3 is 2. The molecular weight excluding hydrogens is 562 g/mol. The number of carbonyl (C=O) groups excluding carboxylic acids is 1. The topological polar surface area (TPSA) is 102 Å². The minimum atomic E-state index is -4.27. The fourth-order valence-corrected chi connectivity index (χ4v) is 7.31. The zero-order valence-electron chi connectivity index (χ0n) is 21.7. The molecule has 9 nitrogen and oxygen atoms in total. The number of benzene rings is 2. The molecule has 2 aromatic heterocycles. The first kappa shape index (κ1) is 27.9. The molecule has 3 heterocycles. The van der Waals surface area contributed by atoms with Gasteiger partial charge in [-0.25, -0.2) is 22.2 Å². The number of hydrogen-bond acceptors (Lipinski definition) is 8. The zero-order valence-corrected chi connectivity index (χ0v) is 23.3. The SMILES string of the molecule is COc1ccc(OC)c2sc(N(Cc3cccnc3)C(=O)C3CCN(S(=O)(=O)c4cc(F)ccc4F)CC3)nc12. The third-order valence-corrected chi connectivity index (χ3v) is 9.78. The van der Waals surface area contributed by atoms with Gasteiger partial charge in [0.15, 0.2) is 5.13 Å². The third-order valence-electron chi connectivity index (χ3n) is 6.77. The van der Waals surface area contributed by atoms with Crippen LogP contribution in [0.3, 0.4) is 0 Å². The second-order valence-electron chi connectivity index (χ2n) is 9.18. The summed E-state index contributed by atoms with van der Waals surface area (Å²) in [6.45, 7) is 0.165. The Labute approximate surface area is 234 Å². The van der Waals surface area contributed by atoms with Crippen molar-refractivity contribution in [2.75, 3.05) is 32.2 Å². The molecule has 40 heavy (non-hydrogen) atoms. The number of nitrogens with zero attached hydrogens (tertiary/aromatic N) is 4. The lowest BCUT2D eigenvalue weighted by molar-refractivity contribution is -0.123. The Morgan fingerprint density at radius 3 is 2.50 bits per heavy atom. The van der Waals surface area contributed by atoms with Crippen LogP contribution in [0.15, 0.2) is 59.8 Å². The van der Waals surface area contributed by atoms with Gasteiger partial charge >= 0.3 is 0 Å². The minimum Gasteiger partial charge on any atom is -0.495 e. The summed E-state index contributed by atoms with van der Waals surface area (Å²) in [6, 6.07) is 9.47. The molecule has 1 aliphatic heterocycles. The highest BCUT2D eigenvalue weighted by Gasteiger charge is 2.36. The predicted molar refractivity (Wildman–Crippen MR) is 146 cm³/mol. The van der Waals surface area contributed by atoms with E-state index < -0.39 is 32.5 Å². The molecule has 1 fully saturated rings. The number of carbonyl (C=O) groups is 1. The van der Waals surface area contributed by atoms with Crippen molar-refractivity contribution in [2.45, 2.75) is 24.3 Å². The van der Waals surface area contributed by atoms with Crippen LogP contribution in [-0.2, 0) is 21.4 Å². The van der Waals surface area contributed by atoms with E-state index >= 15 is 0 Å². The zero-order chi connectivity index (χ0) is 28.4. The molecular formula is C27H26F2N4O5S2. The maximum absolute atomic E-state index is 14.3. The van der Waals surface area contributed by atoms with E-state index in [1.807, 2.05) is 6.07 Å². The van der Waals surface area contributed by atoms with Crippen molar-refractivity contribution in [2.24, 2.45) is 5.92 Å². The van der Waals surface area contributed by atoms with Gasteiger partial charge in [-0.3, -0.25) is 14.7 Å². The Morgan fingerprint density at radius 1 is 1.10 bits per heavy atom. The highest BCUT2D eigenvalue weighted by atomic mass is 32.2. The van der Waals surface area contributed by atoms with Gasteiger partial charge in [-0.05, 0) is 54.8 Å². The van der Waals surface area contributed by atoms with Crippen molar-refractivity contribution in [3.8, 4) is 11.5 Å². The standard InChI is InChI=1S/C27H26F2N4O5S2/c1-37-21-7-8-22(38-2)25-24(21)31-27(39-25)33(16-17-4-3-11-30-15-17)26(34)18-9-12-32(13-10-18)40(35,36)23-14-19(28)5-6-20(23)29/h3-8,11,14-15,18H,9-10,12-13,16H2,1-2H3. The Morgan fingerprint density at radius 2 is 1.82 bits per heavy atom. The minimum absolute atomic E-state index is 0.0169. The van der Waals surface area contributed by atoms with E-state index in [2.05, 4.69) is 4.98 Å². The summed E-state index contributed by atoms with van der Waals surface area (Å²) in [6.07, 6.45) is 3.71. The Bertz CT molecular complexity index is 1600. The highest BCUT2D eigenvalue weighted by Crippen LogP contribution is 2.41. The summed E-state index contributed by atoms with van der Waals surface area (Å²) in [5, 5.41) is 0.434. The average Bonchev–Trinajstić information content (AvgIpc) is 3.42. The first-order valence-corrected chi connectivity index (χ1v) is 14.7.